The number of thioether (sulfide) groups is 2. The Hall–Kier alpha value is -3.88. The van der Waals surface area contributed by atoms with Crippen LogP contribution in [0, 0.1) is 0 Å². The zero-order chi connectivity index (χ0) is 27.6. The van der Waals surface area contributed by atoms with Crippen molar-refractivity contribution in [1.82, 2.24) is 29.9 Å². The molecule has 0 saturated heterocycles. The van der Waals surface area contributed by atoms with E-state index < -0.39 is 0 Å². The molecule has 6 heterocycles. The van der Waals surface area contributed by atoms with Crippen LogP contribution < -0.4 is 0 Å². The van der Waals surface area contributed by atoms with E-state index in [-0.39, 0.29) is 17.1 Å². The minimum absolute atomic E-state index is 0. The SMILES string of the molecule is CSc1cc(-c2ccccn2)nc(-c2ccccn2)c1.CSc1cc(-c2ccccn2)nc(-c2ccccn2)c1.[Mn+2]. The van der Waals surface area contributed by atoms with E-state index in [0.29, 0.717) is 0 Å². The molecule has 0 saturated carbocycles. The van der Waals surface area contributed by atoms with Crippen LogP contribution in [0.4, 0.5) is 0 Å². The molecule has 0 aliphatic rings. The van der Waals surface area contributed by atoms with Crippen LogP contribution in [-0.4, -0.2) is 42.4 Å². The van der Waals surface area contributed by atoms with E-state index in [1.54, 1.807) is 48.3 Å². The van der Waals surface area contributed by atoms with Gasteiger partial charge in [0, 0.05) is 34.6 Å². The number of hydrogen-bond donors (Lipinski definition) is 0. The Morgan fingerprint density at radius 2 is 0.659 bits per heavy atom. The third-order valence-corrected chi connectivity index (χ3v) is 7.19. The van der Waals surface area contributed by atoms with Crippen LogP contribution in [0.5, 0.6) is 0 Å². The third kappa shape index (κ3) is 8.08. The van der Waals surface area contributed by atoms with Crippen molar-refractivity contribution in [2.75, 3.05) is 12.5 Å². The van der Waals surface area contributed by atoms with E-state index in [2.05, 4.69) is 66.7 Å². The summed E-state index contributed by atoms with van der Waals surface area (Å²) in [7, 11) is 0. The van der Waals surface area contributed by atoms with Crippen LogP contribution in [0.25, 0.3) is 45.6 Å². The van der Waals surface area contributed by atoms with Gasteiger partial charge in [-0.15, -0.1) is 23.5 Å². The topological polar surface area (TPSA) is 77.3 Å². The molecule has 0 fully saturated rings. The fourth-order valence-corrected chi connectivity index (χ4v) is 4.75. The predicted molar refractivity (Wildman–Crippen MR) is 165 cm³/mol. The minimum Gasteiger partial charge on any atom is -0.255 e. The van der Waals surface area contributed by atoms with E-state index >= 15 is 0 Å². The zero-order valence-electron chi connectivity index (χ0n) is 22.4. The molecule has 0 aliphatic heterocycles. The molecule has 0 amide bonds. The molecule has 0 aliphatic carbocycles. The normalized spacial score (nSPS) is 10.2. The summed E-state index contributed by atoms with van der Waals surface area (Å²) in [5, 5.41) is 0. The third-order valence-electron chi connectivity index (χ3n) is 5.78. The van der Waals surface area contributed by atoms with Crippen LogP contribution >= 0.6 is 23.5 Å². The average Bonchev–Trinajstić information content (AvgIpc) is 3.06. The molecule has 6 aromatic heterocycles. The van der Waals surface area contributed by atoms with Crippen molar-refractivity contribution in [1.29, 1.82) is 0 Å². The molecule has 0 N–H and O–H groups in total. The largest absolute Gasteiger partial charge is 2.00 e. The van der Waals surface area contributed by atoms with Crippen LogP contribution in [0.1, 0.15) is 0 Å². The Kier molecular flexibility index (Phi) is 11.2. The molecule has 0 atom stereocenters. The van der Waals surface area contributed by atoms with Gasteiger partial charge in [0.1, 0.15) is 0 Å². The Morgan fingerprint density at radius 1 is 0.390 bits per heavy atom. The number of hydrogen-bond acceptors (Lipinski definition) is 8. The molecule has 6 rings (SSSR count). The van der Waals surface area contributed by atoms with E-state index in [0.717, 1.165) is 55.3 Å². The first-order valence-electron chi connectivity index (χ1n) is 12.5. The molecular formula is C32H26MnN6S2+2. The van der Waals surface area contributed by atoms with Gasteiger partial charge in [0.2, 0.25) is 0 Å². The molecule has 0 spiro atoms. The summed E-state index contributed by atoms with van der Waals surface area (Å²) in [4.78, 5) is 29.1. The maximum absolute atomic E-state index is 4.68. The Labute approximate surface area is 259 Å². The summed E-state index contributed by atoms with van der Waals surface area (Å²) in [5.41, 5.74) is 7.00. The van der Waals surface area contributed by atoms with Crippen molar-refractivity contribution in [3.05, 3.63) is 122 Å². The second-order valence-electron chi connectivity index (χ2n) is 8.41. The summed E-state index contributed by atoms with van der Waals surface area (Å²) in [6.07, 6.45) is 11.2. The molecule has 0 aromatic carbocycles. The molecular weight excluding hydrogens is 587 g/mol. The van der Waals surface area contributed by atoms with Crippen molar-refractivity contribution < 1.29 is 17.1 Å². The van der Waals surface area contributed by atoms with E-state index in [4.69, 9.17) is 0 Å². The van der Waals surface area contributed by atoms with E-state index in [9.17, 15) is 0 Å². The summed E-state index contributed by atoms with van der Waals surface area (Å²) >= 11 is 3.38. The van der Waals surface area contributed by atoms with Gasteiger partial charge in [-0.05, 0) is 85.3 Å². The first kappa shape index (κ1) is 30.1. The number of pyridine rings is 6. The molecule has 0 bridgehead atoms. The first-order valence-corrected chi connectivity index (χ1v) is 15.0. The van der Waals surface area contributed by atoms with Gasteiger partial charge in [0.15, 0.2) is 0 Å². The fraction of sp³-hybridized carbons (Fsp3) is 0.0625. The minimum atomic E-state index is 0. The quantitative estimate of drug-likeness (QED) is 0.139. The maximum Gasteiger partial charge on any atom is 2.00 e. The number of aromatic nitrogens is 6. The van der Waals surface area contributed by atoms with Gasteiger partial charge in [-0.2, -0.15) is 0 Å². The molecule has 41 heavy (non-hydrogen) atoms. The van der Waals surface area contributed by atoms with Crippen molar-refractivity contribution in [3.63, 3.8) is 0 Å². The standard InChI is InChI=1S/2C16H13N3S.Mn/c2*1-20-12-10-15(13-6-2-4-8-17-13)19-16(11-12)14-7-3-5-9-18-14;/h2*2-11H,1H3;/q;;+2. The van der Waals surface area contributed by atoms with E-state index in [1.165, 1.54) is 0 Å². The summed E-state index contributed by atoms with van der Waals surface area (Å²) in [6, 6.07) is 31.6. The van der Waals surface area contributed by atoms with Gasteiger partial charge in [-0.3, -0.25) is 19.9 Å². The van der Waals surface area contributed by atoms with E-state index in [1.807, 2.05) is 72.8 Å². The van der Waals surface area contributed by atoms with Crippen molar-refractivity contribution >= 4 is 23.5 Å². The molecule has 9 heteroatoms. The molecule has 6 nitrogen and oxygen atoms in total. The maximum atomic E-state index is 4.68. The summed E-state index contributed by atoms with van der Waals surface area (Å²) < 4.78 is 0. The van der Waals surface area contributed by atoms with Gasteiger partial charge in [0.05, 0.1) is 45.6 Å². The summed E-state index contributed by atoms with van der Waals surface area (Å²) in [5.74, 6) is 0. The van der Waals surface area contributed by atoms with Gasteiger partial charge >= 0.3 is 17.1 Å². The fourth-order valence-electron chi connectivity index (χ4n) is 3.83. The first-order chi connectivity index (χ1) is 19.7. The van der Waals surface area contributed by atoms with Crippen LogP contribution in [0.2, 0.25) is 0 Å². The van der Waals surface area contributed by atoms with Crippen LogP contribution in [0.3, 0.4) is 0 Å². The van der Waals surface area contributed by atoms with Gasteiger partial charge in [0.25, 0.3) is 0 Å². The molecule has 6 aromatic rings. The monoisotopic (exact) mass is 613 g/mol. The predicted octanol–water partition coefficient (Wildman–Crippen LogP) is 7.85. The Morgan fingerprint density at radius 3 is 0.854 bits per heavy atom. The molecule has 0 unspecified atom stereocenters. The van der Waals surface area contributed by atoms with Gasteiger partial charge in [-0.1, -0.05) is 24.3 Å². The smallest absolute Gasteiger partial charge is 0.255 e. The molecule has 1 radical (unpaired) electrons. The van der Waals surface area contributed by atoms with Gasteiger partial charge < -0.3 is 0 Å². The summed E-state index contributed by atoms with van der Waals surface area (Å²) in [6.45, 7) is 0. The second kappa shape index (κ2) is 15.2. The average molecular weight is 614 g/mol. The Balaban J connectivity index is 0.000000184. The number of rotatable bonds is 6. The number of nitrogens with zero attached hydrogens (tertiary/aromatic N) is 6. The Bertz CT molecular complexity index is 1420. The molecule has 201 valence electrons. The van der Waals surface area contributed by atoms with Crippen LogP contribution in [-0.2, 0) is 17.1 Å². The second-order valence-corrected chi connectivity index (χ2v) is 10.2. The van der Waals surface area contributed by atoms with Crippen molar-refractivity contribution in [3.8, 4) is 45.6 Å². The van der Waals surface area contributed by atoms with Gasteiger partial charge in [-0.25, -0.2) is 9.97 Å². The van der Waals surface area contributed by atoms with Crippen molar-refractivity contribution in [2.45, 2.75) is 9.79 Å². The van der Waals surface area contributed by atoms with Crippen molar-refractivity contribution in [2.24, 2.45) is 0 Å². The van der Waals surface area contributed by atoms with Crippen LogP contribution in [0.15, 0.2) is 132 Å². The zero-order valence-corrected chi connectivity index (χ0v) is 25.2.